The lowest BCUT2D eigenvalue weighted by Crippen LogP contribution is -2.44. The fraction of sp³-hybridized carbons (Fsp3) is 0.909. The summed E-state index contributed by atoms with van der Waals surface area (Å²) < 4.78 is 0.137. The van der Waals surface area contributed by atoms with E-state index in [2.05, 4.69) is 30.7 Å². The molecule has 1 atom stereocenters. The smallest absolute Gasteiger partial charge is 0.224 e. The van der Waals surface area contributed by atoms with Gasteiger partial charge in [0.2, 0.25) is 5.91 Å². The lowest BCUT2D eigenvalue weighted by Gasteiger charge is -2.26. The van der Waals surface area contributed by atoms with Crippen LogP contribution in [0, 0.1) is 5.92 Å². The van der Waals surface area contributed by atoms with E-state index in [9.17, 15) is 4.79 Å². The van der Waals surface area contributed by atoms with Crippen LogP contribution in [0.3, 0.4) is 0 Å². The van der Waals surface area contributed by atoms with E-state index in [-0.39, 0.29) is 16.6 Å². The van der Waals surface area contributed by atoms with Crippen LogP contribution in [0.25, 0.3) is 0 Å². The quantitative estimate of drug-likeness (QED) is 0.763. The van der Waals surface area contributed by atoms with Gasteiger partial charge in [0.25, 0.3) is 0 Å². The average molecular weight is 230 g/mol. The molecule has 0 aliphatic carbocycles. The molecule has 1 aliphatic rings. The Morgan fingerprint density at radius 1 is 1.60 bits per heavy atom. The monoisotopic (exact) mass is 230 g/mol. The normalized spacial score (nSPS) is 22.5. The fourth-order valence-electron chi connectivity index (χ4n) is 1.59. The van der Waals surface area contributed by atoms with Crippen molar-refractivity contribution in [3.63, 3.8) is 0 Å². The maximum Gasteiger partial charge on any atom is 0.224 e. The van der Waals surface area contributed by atoms with Gasteiger partial charge in [-0.1, -0.05) is 0 Å². The molecule has 1 unspecified atom stereocenters. The summed E-state index contributed by atoms with van der Waals surface area (Å²) in [6.07, 6.45) is 4.22. The van der Waals surface area contributed by atoms with Crippen molar-refractivity contribution in [3.8, 4) is 0 Å². The molecule has 1 amide bonds. The molecule has 4 heteroatoms. The van der Waals surface area contributed by atoms with E-state index in [0.29, 0.717) is 0 Å². The summed E-state index contributed by atoms with van der Waals surface area (Å²) in [5, 5.41) is 6.30. The van der Waals surface area contributed by atoms with Crippen molar-refractivity contribution in [2.45, 2.75) is 31.4 Å². The molecule has 0 radical (unpaired) electrons. The van der Waals surface area contributed by atoms with Crippen LogP contribution < -0.4 is 10.6 Å². The van der Waals surface area contributed by atoms with Crippen molar-refractivity contribution in [1.29, 1.82) is 0 Å². The van der Waals surface area contributed by atoms with Crippen molar-refractivity contribution in [2.75, 3.05) is 25.9 Å². The van der Waals surface area contributed by atoms with Gasteiger partial charge < -0.3 is 10.6 Å². The van der Waals surface area contributed by atoms with Crippen LogP contribution in [-0.4, -0.2) is 36.5 Å². The van der Waals surface area contributed by atoms with Gasteiger partial charge in [0.1, 0.15) is 0 Å². The Labute approximate surface area is 96.8 Å². The predicted molar refractivity (Wildman–Crippen MR) is 66.2 cm³/mol. The summed E-state index contributed by atoms with van der Waals surface area (Å²) in [4.78, 5) is 11.8. The number of carbonyl (C=O) groups is 1. The molecule has 0 saturated carbocycles. The lowest BCUT2D eigenvalue weighted by molar-refractivity contribution is -0.125. The molecule has 1 heterocycles. The fourth-order valence-corrected chi connectivity index (χ4v) is 1.81. The van der Waals surface area contributed by atoms with Crippen LogP contribution in [0.15, 0.2) is 0 Å². The van der Waals surface area contributed by atoms with Crippen LogP contribution in [0.2, 0.25) is 0 Å². The molecule has 1 aliphatic heterocycles. The van der Waals surface area contributed by atoms with Gasteiger partial charge in [-0.15, -0.1) is 0 Å². The first kappa shape index (κ1) is 12.8. The Hall–Kier alpha value is -0.220. The summed E-state index contributed by atoms with van der Waals surface area (Å²) in [6.45, 7) is 6.95. The van der Waals surface area contributed by atoms with E-state index in [1.54, 1.807) is 11.8 Å². The molecule has 0 aromatic carbocycles. The second-order valence-corrected chi connectivity index (χ2v) is 6.24. The van der Waals surface area contributed by atoms with Gasteiger partial charge in [0, 0.05) is 17.8 Å². The van der Waals surface area contributed by atoms with E-state index >= 15 is 0 Å². The third-order valence-corrected chi connectivity index (χ3v) is 4.16. The number of rotatable bonds is 4. The van der Waals surface area contributed by atoms with Crippen LogP contribution >= 0.6 is 11.8 Å². The molecule has 1 saturated heterocycles. The van der Waals surface area contributed by atoms with Gasteiger partial charge in [0.15, 0.2) is 0 Å². The van der Waals surface area contributed by atoms with Crippen LogP contribution in [0.1, 0.15) is 26.7 Å². The zero-order valence-electron chi connectivity index (χ0n) is 9.93. The zero-order valence-corrected chi connectivity index (χ0v) is 10.7. The molecule has 3 nitrogen and oxygen atoms in total. The number of nitrogens with one attached hydrogen (secondary N) is 2. The molecule has 1 rings (SSSR count). The Kier molecular flexibility index (Phi) is 4.93. The second kappa shape index (κ2) is 5.75. The summed E-state index contributed by atoms with van der Waals surface area (Å²) >= 11 is 1.79. The first-order valence-corrected chi connectivity index (χ1v) is 6.81. The first-order valence-electron chi connectivity index (χ1n) is 5.59. The average Bonchev–Trinajstić information content (AvgIpc) is 2.27. The highest BCUT2D eigenvalue weighted by atomic mass is 32.2. The predicted octanol–water partition coefficient (Wildman–Crippen LogP) is 1.24. The molecule has 2 N–H and O–H groups in total. The maximum absolute atomic E-state index is 11.8. The Morgan fingerprint density at radius 2 is 2.33 bits per heavy atom. The van der Waals surface area contributed by atoms with Crippen LogP contribution in [0.5, 0.6) is 0 Å². The molecular weight excluding hydrogens is 208 g/mol. The standard InChI is InChI=1S/C11H22N2OS/c1-11(2,15-3)8-13-10(14)9-5-4-6-12-7-9/h9,12H,4-8H2,1-3H3,(H,13,14). The molecule has 0 aromatic heterocycles. The maximum atomic E-state index is 11.8. The Balaban J connectivity index is 2.28. The lowest BCUT2D eigenvalue weighted by atomic mass is 9.98. The van der Waals surface area contributed by atoms with Gasteiger partial charge in [-0.25, -0.2) is 0 Å². The number of hydrogen-bond acceptors (Lipinski definition) is 3. The molecule has 1 fully saturated rings. The van der Waals surface area contributed by atoms with E-state index in [4.69, 9.17) is 0 Å². The Morgan fingerprint density at radius 3 is 2.87 bits per heavy atom. The summed E-state index contributed by atoms with van der Waals surface area (Å²) in [5.74, 6) is 0.390. The van der Waals surface area contributed by atoms with Gasteiger partial charge in [-0.2, -0.15) is 11.8 Å². The minimum absolute atomic E-state index is 0.137. The molecule has 0 aromatic rings. The number of thioether (sulfide) groups is 1. The SMILES string of the molecule is CSC(C)(C)CNC(=O)C1CCCNC1. The third-order valence-electron chi connectivity index (χ3n) is 2.91. The van der Waals surface area contributed by atoms with Gasteiger partial charge in [-0.3, -0.25) is 4.79 Å². The Bertz CT molecular complexity index is 213. The highest BCUT2D eigenvalue weighted by Crippen LogP contribution is 2.20. The molecule has 0 bridgehead atoms. The minimum atomic E-state index is 0.137. The molecule has 15 heavy (non-hydrogen) atoms. The first-order chi connectivity index (χ1) is 7.05. The topological polar surface area (TPSA) is 41.1 Å². The molecule has 88 valence electrons. The number of hydrogen-bond donors (Lipinski definition) is 2. The van der Waals surface area contributed by atoms with Crippen molar-refractivity contribution in [3.05, 3.63) is 0 Å². The van der Waals surface area contributed by atoms with Gasteiger partial charge in [0.05, 0.1) is 5.92 Å². The highest BCUT2D eigenvalue weighted by Gasteiger charge is 2.23. The molecule has 0 spiro atoms. The van der Waals surface area contributed by atoms with Gasteiger partial charge in [-0.05, 0) is 39.5 Å². The highest BCUT2D eigenvalue weighted by molar-refractivity contribution is 7.99. The van der Waals surface area contributed by atoms with E-state index < -0.39 is 0 Å². The summed E-state index contributed by atoms with van der Waals surface area (Å²) in [7, 11) is 0. The number of amides is 1. The number of piperidine rings is 1. The van der Waals surface area contributed by atoms with Crippen molar-refractivity contribution < 1.29 is 4.79 Å². The van der Waals surface area contributed by atoms with Crippen LogP contribution in [-0.2, 0) is 4.79 Å². The van der Waals surface area contributed by atoms with Crippen molar-refractivity contribution in [1.82, 2.24) is 10.6 Å². The van der Waals surface area contributed by atoms with E-state index in [1.165, 1.54) is 0 Å². The largest absolute Gasteiger partial charge is 0.354 e. The van der Waals surface area contributed by atoms with E-state index in [1.807, 2.05) is 0 Å². The number of carbonyl (C=O) groups excluding carboxylic acids is 1. The zero-order chi connectivity index (χ0) is 11.3. The van der Waals surface area contributed by atoms with Gasteiger partial charge >= 0.3 is 0 Å². The van der Waals surface area contributed by atoms with Crippen molar-refractivity contribution >= 4 is 17.7 Å². The minimum Gasteiger partial charge on any atom is -0.354 e. The summed E-state index contributed by atoms with van der Waals surface area (Å²) in [6, 6.07) is 0. The second-order valence-electron chi connectivity index (χ2n) is 4.72. The third kappa shape index (κ3) is 4.43. The van der Waals surface area contributed by atoms with Crippen molar-refractivity contribution in [2.24, 2.45) is 5.92 Å². The van der Waals surface area contributed by atoms with E-state index in [0.717, 1.165) is 32.5 Å². The van der Waals surface area contributed by atoms with Crippen LogP contribution in [0.4, 0.5) is 0 Å². The summed E-state index contributed by atoms with van der Waals surface area (Å²) in [5.41, 5.74) is 0. The molecular formula is C11H22N2OS.